The van der Waals surface area contributed by atoms with Gasteiger partial charge in [-0.1, -0.05) is 22.9 Å². The van der Waals surface area contributed by atoms with E-state index in [4.69, 9.17) is 25.8 Å². The molecule has 9 nitrogen and oxygen atoms in total. The van der Waals surface area contributed by atoms with Crippen molar-refractivity contribution in [3.8, 4) is 11.5 Å². The molecule has 1 aliphatic rings. The lowest BCUT2D eigenvalue weighted by Crippen LogP contribution is -2.40. The number of thiazole rings is 1. The molecule has 0 saturated carbocycles. The molecule has 3 heterocycles. The first kappa shape index (κ1) is 25.1. The number of thiophene rings is 1. The van der Waals surface area contributed by atoms with Crippen molar-refractivity contribution in [1.29, 1.82) is 0 Å². The smallest absolute Gasteiger partial charge is 0.266 e. The van der Waals surface area contributed by atoms with E-state index < -0.39 is 22.0 Å². The number of rotatable bonds is 8. The zero-order valence-electron chi connectivity index (χ0n) is 18.8. The van der Waals surface area contributed by atoms with Crippen LogP contribution in [0.2, 0.25) is 4.34 Å². The predicted molar refractivity (Wildman–Crippen MR) is 132 cm³/mol. The SMILES string of the molecule is COCCn1c(=NC(=O)C2CCCN2S(=O)(=O)c2ccc(Cl)s2)sc2c(OC)ccc(OC)c21. The summed E-state index contributed by atoms with van der Waals surface area (Å²) in [6.07, 6.45) is 0.971. The molecule has 0 radical (unpaired) electrons. The van der Waals surface area contributed by atoms with Gasteiger partial charge in [0, 0.05) is 20.2 Å². The molecule has 3 aromatic rings. The number of sulfonamides is 1. The van der Waals surface area contributed by atoms with E-state index in [1.165, 1.54) is 27.8 Å². The summed E-state index contributed by atoms with van der Waals surface area (Å²) < 4.78 is 47.0. The first-order chi connectivity index (χ1) is 16.3. The van der Waals surface area contributed by atoms with Crippen LogP contribution in [0.15, 0.2) is 33.5 Å². The molecule has 0 bridgehead atoms. The van der Waals surface area contributed by atoms with Crippen LogP contribution in [-0.2, 0) is 26.1 Å². The second-order valence-electron chi connectivity index (χ2n) is 7.46. The zero-order chi connectivity index (χ0) is 24.5. The molecule has 1 unspecified atom stereocenters. The van der Waals surface area contributed by atoms with E-state index in [0.29, 0.717) is 46.6 Å². The van der Waals surface area contributed by atoms with Gasteiger partial charge in [-0.25, -0.2) is 8.42 Å². The number of hydrogen-bond acceptors (Lipinski definition) is 8. The van der Waals surface area contributed by atoms with Gasteiger partial charge in [0.1, 0.15) is 32.0 Å². The van der Waals surface area contributed by atoms with Crippen molar-refractivity contribution in [3.63, 3.8) is 0 Å². The molecule has 34 heavy (non-hydrogen) atoms. The number of hydrogen-bond donors (Lipinski definition) is 0. The Labute approximate surface area is 210 Å². The number of fused-ring (bicyclic) bond motifs is 1. The molecular formula is C21H24ClN3O6S3. The normalized spacial score (nSPS) is 17.5. The van der Waals surface area contributed by atoms with Crippen molar-refractivity contribution in [2.45, 2.75) is 29.6 Å². The lowest BCUT2D eigenvalue weighted by atomic mass is 10.2. The summed E-state index contributed by atoms with van der Waals surface area (Å²) >= 11 is 8.20. The van der Waals surface area contributed by atoms with Crippen molar-refractivity contribution < 1.29 is 27.4 Å². The number of aromatic nitrogens is 1. The van der Waals surface area contributed by atoms with E-state index in [1.807, 2.05) is 4.57 Å². The summed E-state index contributed by atoms with van der Waals surface area (Å²) in [5, 5.41) is 0. The highest BCUT2D eigenvalue weighted by atomic mass is 35.5. The van der Waals surface area contributed by atoms with Crippen molar-refractivity contribution in [2.75, 3.05) is 34.5 Å². The maximum atomic E-state index is 13.3. The lowest BCUT2D eigenvalue weighted by Gasteiger charge is -2.20. The van der Waals surface area contributed by atoms with Gasteiger partial charge < -0.3 is 18.8 Å². The molecule has 1 saturated heterocycles. The van der Waals surface area contributed by atoms with Crippen LogP contribution in [0.3, 0.4) is 0 Å². The van der Waals surface area contributed by atoms with Crippen molar-refractivity contribution in [2.24, 2.45) is 4.99 Å². The number of methoxy groups -OCH3 is 3. The van der Waals surface area contributed by atoms with Crippen LogP contribution in [0.4, 0.5) is 0 Å². The summed E-state index contributed by atoms with van der Waals surface area (Å²) in [7, 11) is 0.878. The van der Waals surface area contributed by atoms with Gasteiger partial charge in [0.2, 0.25) is 0 Å². The average Bonchev–Trinajstić information content (AvgIpc) is 3.56. The molecule has 1 fully saturated rings. The van der Waals surface area contributed by atoms with Gasteiger partial charge in [0.25, 0.3) is 15.9 Å². The molecule has 2 aromatic heterocycles. The fraction of sp³-hybridized carbons (Fsp3) is 0.429. The topological polar surface area (TPSA) is 99.4 Å². The second-order valence-corrected chi connectivity index (χ2v) is 12.3. The van der Waals surface area contributed by atoms with Gasteiger partial charge in [-0.15, -0.1) is 11.3 Å². The van der Waals surface area contributed by atoms with Gasteiger partial charge in [0.05, 0.1) is 25.2 Å². The summed E-state index contributed by atoms with van der Waals surface area (Å²) in [5.41, 5.74) is 0.736. The summed E-state index contributed by atoms with van der Waals surface area (Å²) in [5.74, 6) is 0.719. The van der Waals surface area contributed by atoms with Crippen LogP contribution >= 0.6 is 34.3 Å². The van der Waals surface area contributed by atoms with E-state index in [1.54, 1.807) is 33.5 Å². The van der Waals surface area contributed by atoms with Crippen LogP contribution in [0.1, 0.15) is 12.8 Å². The first-order valence-corrected chi connectivity index (χ1v) is 13.9. The fourth-order valence-electron chi connectivity index (χ4n) is 3.92. The van der Waals surface area contributed by atoms with E-state index >= 15 is 0 Å². The van der Waals surface area contributed by atoms with Crippen LogP contribution in [0, 0.1) is 0 Å². The third-order valence-electron chi connectivity index (χ3n) is 5.52. The van der Waals surface area contributed by atoms with Crippen molar-refractivity contribution in [1.82, 2.24) is 8.87 Å². The summed E-state index contributed by atoms with van der Waals surface area (Å²) in [6.45, 7) is 1.06. The quantitative estimate of drug-likeness (QED) is 0.430. The molecule has 0 spiro atoms. The Morgan fingerprint density at radius 3 is 2.53 bits per heavy atom. The number of halogens is 1. The predicted octanol–water partition coefficient (Wildman–Crippen LogP) is 3.36. The molecule has 1 aliphatic heterocycles. The van der Waals surface area contributed by atoms with E-state index in [0.717, 1.165) is 21.6 Å². The van der Waals surface area contributed by atoms with E-state index in [9.17, 15) is 13.2 Å². The summed E-state index contributed by atoms with van der Waals surface area (Å²) in [4.78, 5) is 18.1. The minimum absolute atomic E-state index is 0.115. The molecule has 13 heteroatoms. The standard InChI is InChI=1S/C21H24ClN3O6S3/c1-29-12-11-24-18-14(30-2)6-7-15(31-3)19(18)33-21(24)23-20(26)13-5-4-10-25(13)34(27,28)17-9-8-16(22)32-17/h6-9,13H,4-5,10-12H2,1-3H3. The Hall–Kier alpha value is -1.96. The minimum atomic E-state index is -3.85. The lowest BCUT2D eigenvalue weighted by molar-refractivity contribution is -0.121. The monoisotopic (exact) mass is 545 g/mol. The van der Waals surface area contributed by atoms with Gasteiger partial charge in [-0.2, -0.15) is 9.30 Å². The molecule has 0 aliphatic carbocycles. The van der Waals surface area contributed by atoms with Crippen molar-refractivity contribution in [3.05, 3.63) is 33.4 Å². The number of amides is 1. The van der Waals surface area contributed by atoms with Crippen molar-refractivity contribution >= 4 is 60.4 Å². The molecule has 1 aromatic carbocycles. The Morgan fingerprint density at radius 1 is 1.15 bits per heavy atom. The molecule has 184 valence electrons. The highest BCUT2D eigenvalue weighted by molar-refractivity contribution is 7.91. The number of carbonyl (C=O) groups is 1. The third-order valence-corrected chi connectivity index (χ3v) is 10.2. The largest absolute Gasteiger partial charge is 0.495 e. The molecule has 1 atom stereocenters. The molecule has 1 amide bonds. The highest BCUT2D eigenvalue weighted by Crippen LogP contribution is 2.36. The molecule has 4 rings (SSSR count). The Balaban J connectivity index is 1.79. The molecule has 0 N–H and O–H groups in total. The Kier molecular flexibility index (Phi) is 7.65. The number of carbonyl (C=O) groups excluding carboxylic acids is 1. The van der Waals surface area contributed by atoms with Gasteiger partial charge in [-0.05, 0) is 37.1 Å². The highest BCUT2D eigenvalue weighted by Gasteiger charge is 2.40. The fourth-order valence-corrected chi connectivity index (χ4v) is 8.36. The maximum absolute atomic E-state index is 13.3. The second kappa shape index (κ2) is 10.3. The third kappa shape index (κ3) is 4.62. The summed E-state index contributed by atoms with van der Waals surface area (Å²) in [6, 6.07) is 5.70. The van der Waals surface area contributed by atoms with Crippen LogP contribution in [0.25, 0.3) is 10.2 Å². The van der Waals surface area contributed by atoms with Crippen LogP contribution < -0.4 is 14.3 Å². The first-order valence-electron chi connectivity index (χ1n) is 10.4. The Bertz CT molecular complexity index is 1380. The van der Waals surface area contributed by atoms with Gasteiger partial charge in [-0.3, -0.25) is 4.79 Å². The minimum Gasteiger partial charge on any atom is -0.495 e. The average molecular weight is 546 g/mol. The zero-order valence-corrected chi connectivity index (χ0v) is 22.0. The molecular weight excluding hydrogens is 522 g/mol. The van der Waals surface area contributed by atoms with Gasteiger partial charge >= 0.3 is 0 Å². The number of ether oxygens (including phenoxy) is 3. The Morgan fingerprint density at radius 2 is 1.88 bits per heavy atom. The maximum Gasteiger partial charge on any atom is 0.266 e. The van der Waals surface area contributed by atoms with Crippen LogP contribution in [-0.4, -0.2) is 63.7 Å². The number of nitrogens with zero attached hydrogens (tertiary/aromatic N) is 3. The van der Waals surface area contributed by atoms with Gasteiger partial charge in [0.15, 0.2) is 4.80 Å². The van der Waals surface area contributed by atoms with E-state index in [-0.39, 0.29) is 10.8 Å². The van der Waals surface area contributed by atoms with E-state index in [2.05, 4.69) is 4.99 Å². The van der Waals surface area contributed by atoms with Crippen LogP contribution in [0.5, 0.6) is 11.5 Å². The number of benzene rings is 1.